The monoisotopic (exact) mass is 784 g/mol. The van der Waals surface area contributed by atoms with Crippen LogP contribution >= 0.6 is 7.82 Å². The number of phosphoric ester groups is 1. The first-order chi connectivity index (χ1) is 26.0. The number of unbranched alkanes of at least 4 members (excludes halogenated alkanes) is 21. The highest BCUT2D eigenvalue weighted by molar-refractivity contribution is 7.45. The molecule has 0 fully saturated rings. The highest BCUT2D eigenvalue weighted by Crippen LogP contribution is 2.38. The normalized spacial score (nSPS) is 14.0. The number of hydrogen-bond donors (Lipinski definition) is 0. The lowest BCUT2D eigenvalue weighted by Gasteiger charge is -2.28. The van der Waals surface area contributed by atoms with E-state index in [2.05, 4.69) is 19.9 Å². The zero-order valence-corrected chi connectivity index (χ0v) is 36.3. The van der Waals surface area contributed by atoms with Crippen molar-refractivity contribution in [3.63, 3.8) is 0 Å². The van der Waals surface area contributed by atoms with Crippen LogP contribution in [0, 0.1) is 0 Å². The van der Waals surface area contributed by atoms with Gasteiger partial charge in [-0.1, -0.05) is 148 Å². The zero-order valence-electron chi connectivity index (χ0n) is 35.4. The number of carbonyl (C=O) groups excluding carboxylic acids is 2. The Morgan fingerprint density at radius 2 is 1.13 bits per heavy atom. The van der Waals surface area contributed by atoms with E-state index in [0.717, 1.165) is 44.9 Å². The molecule has 0 saturated heterocycles. The largest absolute Gasteiger partial charge is 0.756 e. The number of phosphoric acid groups is 1. The van der Waals surface area contributed by atoms with Crippen LogP contribution in [0.1, 0.15) is 181 Å². The number of rotatable bonds is 40. The first-order valence-corrected chi connectivity index (χ1v) is 23.2. The summed E-state index contributed by atoms with van der Waals surface area (Å²) in [7, 11) is 1.30. The summed E-state index contributed by atoms with van der Waals surface area (Å²) in [5.41, 5.74) is 0. The SMILES string of the molecule is CCCCC/C=C\C=C\C(=O)CCCCCCCC(=O)OC[C@H](COP(=O)([O-])OCC[N+](C)(C)C)O/C=C/CCCCCCCCCCCCCCCC. The van der Waals surface area contributed by atoms with Gasteiger partial charge in [0.1, 0.15) is 19.8 Å². The number of esters is 1. The lowest BCUT2D eigenvalue weighted by Crippen LogP contribution is -2.37. The van der Waals surface area contributed by atoms with Crippen LogP contribution < -0.4 is 4.89 Å². The van der Waals surface area contributed by atoms with Gasteiger partial charge in [0.05, 0.1) is 34.0 Å². The number of quaternary nitrogens is 1. The number of ether oxygens (including phenoxy) is 2. The molecule has 54 heavy (non-hydrogen) atoms. The lowest BCUT2D eigenvalue weighted by atomic mass is 10.0. The van der Waals surface area contributed by atoms with Gasteiger partial charge in [0.25, 0.3) is 7.82 Å². The van der Waals surface area contributed by atoms with E-state index in [4.69, 9.17) is 18.5 Å². The lowest BCUT2D eigenvalue weighted by molar-refractivity contribution is -0.870. The predicted octanol–water partition coefficient (Wildman–Crippen LogP) is 11.5. The molecule has 0 aromatic heterocycles. The minimum absolute atomic E-state index is 0.00803. The molecular formula is C44H82NO8P. The number of ketones is 1. The molecule has 0 aliphatic rings. The Morgan fingerprint density at radius 1 is 0.630 bits per heavy atom. The van der Waals surface area contributed by atoms with E-state index in [9.17, 15) is 19.0 Å². The Balaban J connectivity index is 4.37. The molecule has 0 saturated carbocycles. The Morgan fingerprint density at radius 3 is 1.72 bits per heavy atom. The zero-order chi connectivity index (χ0) is 40.0. The van der Waals surface area contributed by atoms with Crippen LogP contribution in [-0.2, 0) is 32.7 Å². The Bertz CT molecular complexity index is 1020. The van der Waals surface area contributed by atoms with E-state index < -0.39 is 13.9 Å². The van der Waals surface area contributed by atoms with E-state index in [0.29, 0.717) is 23.9 Å². The molecule has 0 radical (unpaired) electrons. The molecule has 0 bridgehead atoms. The maximum atomic E-state index is 12.5. The summed E-state index contributed by atoms with van der Waals surface area (Å²) >= 11 is 0. The predicted molar refractivity (Wildman–Crippen MR) is 222 cm³/mol. The van der Waals surface area contributed by atoms with Gasteiger partial charge in [-0.3, -0.25) is 14.2 Å². The Kier molecular flexibility index (Phi) is 35.6. The minimum Gasteiger partial charge on any atom is -0.756 e. The van der Waals surface area contributed by atoms with E-state index in [1.807, 2.05) is 39.4 Å². The molecule has 0 spiro atoms. The molecule has 0 amide bonds. The van der Waals surface area contributed by atoms with Crippen molar-refractivity contribution in [2.45, 2.75) is 187 Å². The van der Waals surface area contributed by atoms with Crippen molar-refractivity contribution in [2.75, 3.05) is 47.5 Å². The van der Waals surface area contributed by atoms with E-state index in [1.54, 1.807) is 12.3 Å². The molecule has 0 rings (SSSR count). The van der Waals surface area contributed by atoms with E-state index in [1.165, 1.54) is 103 Å². The van der Waals surface area contributed by atoms with Gasteiger partial charge < -0.3 is 27.9 Å². The van der Waals surface area contributed by atoms with Crippen LogP contribution in [0.2, 0.25) is 0 Å². The standard InChI is InChI=1S/C44H82NO8P/c1-6-8-10-12-14-15-16-17-18-19-20-21-22-24-29-33-38-50-43(41-53-54(48,49)52-39-37-45(3,4)5)40-51-44(47)36-32-28-25-27-31-35-42(46)34-30-26-23-13-11-9-7-2/h23,26,30,33-34,38,43H,6-22,24-25,27-29,31-32,35-37,39-41H2,1-5H3/b26-23-,34-30+,38-33+/t43-/m1/s1. The van der Waals surface area contributed by atoms with Crippen LogP contribution in [-0.4, -0.2) is 69.8 Å². The van der Waals surface area contributed by atoms with Crippen LogP contribution in [0.3, 0.4) is 0 Å². The molecule has 10 heteroatoms. The maximum Gasteiger partial charge on any atom is 0.305 e. The third-order valence-corrected chi connectivity index (χ3v) is 10.2. The van der Waals surface area contributed by atoms with Crippen molar-refractivity contribution < 1.29 is 42.1 Å². The van der Waals surface area contributed by atoms with Gasteiger partial charge in [0, 0.05) is 12.8 Å². The Labute approximate surface area is 331 Å². The minimum atomic E-state index is -4.54. The average Bonchev–Trinajstić information content (AvgIpc) is 3.12. The molecule has 0 aliphatic heterocycles. The van der Waals surface area contributed by atoms with Crippen molar-refractivity contribution >= 4 is 19.6 Å². The topological polar surface area (TPSA) is 111 Å². The highest BCUT2D eigenvalue weighted by Gasteiger charge is 2.19. The molecule has 2 atom stereocenters. The van der Waals surface area contributed by atoms with Gasteiger partial charge >= 0.3 is 5.97 Å². The first-order valence-electron chi connectivity index (χ1n) is 21.7. The number of nitrogens with zero attached hydrogens (tertiary/aromatic N) is 1. The average molecular weight is 784 g/mol. The summed E-state index contributed by atoms with van der Waals surface area (Å²) in [6, 6.07) is 0. The van der Waals surface area contributed by atoms with Gasteiger partial charge in [-0.2, -0.15) is 0 Å². The highest BCUT2D eigenvalue weighted by atomic mass is 31.2. The van der Waals surface area contributed by atoms with Gasteiger partial charge in [-0.25, -0.2) is 0 Å². The molecule has 316 valence electrons. The third kappa shape index (κ3) is 39.9. The summed E-state index contributed by atoms with van der Waals surface area (Å²) in [5, 5.41) is 0. The molecule has 0 N–H and O–H groups in total. The second kappa shape index (κ2) is 36.8. The number of carbonyl (C=O) groups is 2. The Hall–Kier alpha value is -1.77. The second-order valence-corrected chi connectivity index (χ2v) is 17.2. The fourth-order valence-electron chi connectivity index (χ4n) is 5.75. The molecule has 0 aliphatic carbocycles. The molecule has 0 aromatic carbocycles. The quantitative estimate of drug-likeness (QED) is 0.0115. The van der Waals surface area contributed by atoms with Gasteiger partial charge in [-0.05, 0) is 50.7 Å². The van der Waals surface area contributed by atoms with Gasteiger partial charge in [0.2, 0.25) is 0 Å². The van der Waals surface area contributed by atoms with Crippen LogP contribution in [0.25, 0.3) is 0 Å². The summed E-state index contributed by atoms with van der Waals surface area (Å²) < 4.78 is 34.2. The van der Waals surface area contributed by atoms with E-state index in [-0.39, 0.29) is 38.0 Å². The number of allylic oxidation sites excluding steroid dienone is 5. The van der Waals surface area contributed by atoms with Crippen molar-refractivity contribution in [1.29, 1.82) is 0 Å². The molecule has 9 nitrogen and oxygen atoms in total. The summed E-state index contributed by atoms with van der Waals surface area (Å²) in [6.45, 7) is 4.53. The third-order valence-electron chi connectivity index (χ3n) is 9.26. The summed E-state index contributed by atoms with van der Waals surface area (Å²) in [4.78, 5) is 36.8. The number of hydrogen-bond acceptors (Lipinski definition) is 8. The maximum absolute atomic E-state index is 12.5. The molecule has 0 heterocycles. The van der Waals surface area contributed by atoms with Crippen LogP contribution in [0.5, 0.6) is 0 Å². The van der Waals surface area contributed by atoms with Gasteiger partial charge in [0.15, 0.2) is 11.9 Å². The fourth-order valence-corrected chi connectivity index (χ4v) is 6.48. The fraction of sp³-hybridized carbons (Fsp3) is 0.818. The van der Waals surface area contributed by atoms with Crippen LogP contribution in [0.15, 0.2) is 36.6 Å². The van der Waals surface area contributed by atoms with Crippen molar-refractivity contribution in [3.05, 3.63) is 36.6 Å². The molecule has 1 unspecified atom stereocenters. The van der Waals surface area contributed by atoms with Gasteiger partial charge in [-0.15, -0.1) is 0 Å². The van der Waals surface area contributed by atoms with Crippen molar-refractivity contribution in [2.24, 2.45) is 0 Å². The first kappa shape index (κ1) is 52.2. The smallest absolute Gasteiger partial charge is 0.305 e. The van der Waals surface area contributed by atoms with E-state index >= 15 is 0 Å². The number of likely N-dealkylation sites (N-methyl/N-ethyl adjacent to an activating group) is 1. The summed E-state index contributed by atoms with van der Waals surface area (Å²) in [5.74, 6) is -0.214. The van der Waals surface area contributed by atoms with Crippen LogP contribution in [0.4, 0.5) is 0 Å². The summed E-state index contributed by atoms with van der Waals surface area (Å²) in [6.07, 6.45) is 39.3. The molecule has 0 aromatic rings. The molecular weight excluding hydrogens is 701 g/mol. The second-order valence-electron chi connectivity index (χ2n) is 15.8. The van der Waals surface area contributed by atoms with Crippen molar-refractivity contribution in [3.8, 4) is 0 Å². The van der Waals surface area contributed by atoms with Crippen molar-refractivity contribution in [1.82, 2.24) is 0 Å².